The maximum Gasteiger partial charge on any atom is 0.137 e. The molecule has 1 aromatic heterocycles. The van der Waals surface area contributed by atoms with Crippen LogP contribution < -0.4 is 4.90 Å². The largest absolute Gasteiger partial charge is 0.357 e. The first-order valence-electron chi connectivity index (χ1n) is 6.62. The molecule has 3 nitrogen and oxygen atoms in total. The zero-order chi connectivity index (χ0) is 13.9. The van der Waals surface area contributed by atoms with Crippen LogP contribution in [0.15, 0.2) is 0 Å². The molecule has 0 spiro atoms. The molecule has 1 aromatic rings. The first kappa shape index (κ1) is 15.2. The van der Waals surface area contributed by atoms with E-state index in [9.17, 15) is 0 Å². The summed E-state index contributed by atoms with van der Waals surface area (Å²) in [6, 6.07) is 0.444. The van der Waals surface area contributed by atoms with Crippen LogP contribution in [0.2, 0.25) is 5.15 Å². The molecule has 1 rings (SSSR count). The second kappa shape index (κ2) is 6.37. The van der Waals surface area contributed by atoms with Crippen LogP contribution >= 0.6 is 11.6 Å². The highest BCUT2D eigenvalue weighted by Gasteiger charge is 2.17. The fourth-order valence-corrected chi connectivity index (χ4v) is 2.25. The number of hydrogen-bond donors (Lipinski definition) is 0. The molecular formula is C14H24ClN3. The molecule has 0 aliphatic carbocycles. The van der Waals surface area contributed by atoms with Gasteiger partial charge in [-0.3, -0.25) is 0 Å². The summed E-state index contributed by atoms with van der Waals surface area (Å²) in [6.45, 7) is 10.7. The van der Waals surface area contributed by atoms with Crippen molar-refractivity contribution in [3.05, 3.63) is 16.5 Å². The third-order valence-corrected chi connectivity index (χ3v) is 3.60. The van der Waals surface area contributed by atoms with Crippen molar-refractivity contribution in [1.29, 1.82) is 0 Å². The van der Waals surface area contributed by atoms with Gasteiger partial charge in [-0.1, -0.05) is 32.4 Å². The first-order valence-corrected chi connectivity index (χ1v) is 7.00. The third kappa shape index (κ3) is 3.58. The van der Waals surface area contributed by atoms with Crippen LogP contribution in [-0.2, 0) is 6.42 Å². The van der Waals surface area contributed by atoms with Gasteiger partial charge in [-0.15, -0.1) is 0 Å². The zero-order valence-corrected chi connectivity index (χ0v) is 13.0. The Kier molecular flexibility index (Phi) is 5.39. The quantitative estimate of drug-likeness (QED) is 0.760. The van der Waals surface area contributed by atoms with E-state index in [2.05, 4.69) is 42.7 Å². The van der Waals surface area contributed by atoms with E-state index >= 15 is 0 Å². The highest BCUT2D eigenvalue weighted by Crippen LogP contribution is 2.25. The Bertz CT molecular complexity index is 404. The summed E-state index contributed by atoms with van der Waals surface area (Å²) in [5.41, 5.74) is 0.965. The number of hydrogen-bond acceptors (Lipinski definition) is 3. The fourth-order valence-electron chi connectivity index (χ4n) is 2.07. The van der Waals surface area contributed by atoms with Crippen LogP contribution in [0.4, 0.5) is 5.82 Å². The number of nitrogens with zero attached hydrogens (tertiary/aromatic N) is 3. The van der Waals surface area contributed by atoms with Crippen molar-refractivity contribution in [2.24, 2.45) is 5.92 Å². The summed E-state index contributed by atoms with van der Waals surface area (Å²) in [7, 11) is 2.08. The van der Waals surface area contributed by atoms with Gasteiger partial charge < -0.3 is 4.90 Å². The van der Waals surface area contributed by atoms with Gasteiger partial charge in [0, 0.05) is 25.1 Å². The Morgan fingerprint density at radius 3 is 2.33 bits per heavy atom. The molecule has 1 heterocycles. The molecule has 0 saturated heterocycles. The first-order chi connectivity index (χ1) is 8.36. The van der Waals surface area contributed by atoms with E-state index in [4.69, 9.17) is 11.6 Å². The summed E-state index contributed by atoms with van der Waals surface area (Å²) in [5.74, 6) is 2.44. The minimum absolute atomic E-state index is 0.444. The van der Waals surface area contributed by atoms with E-state index in [1.807, 2.05) is 13.8 Å². The molecule has 0 aromatic carbocycles. The van der Waals surface area contributed by atoms with Gasteiger partial charge in [0.15, 0.2) is 0 Å². The number of rotatable bonds is 5. The molecule has 0 aliphatic rings. The van der Waals surface area contributed by atoms with Crippen molar-refractivity contribution in [3.63, 3.8) is 0 Å². The average molecular weight is 270 g/mol. The van der Waals surface area contributed by atoms with Gasteiger partial charge in [0.1, 0.15) is 16.8 Å². The summed E-state index contributed by atoms with van der Waals surface area (Å²) in [6.07, 6.45) is 1.94. The van der Waals surface area contributed by atoms with E-state index in [1.54, 1.807) is 0 Å². The van der Waals surface area contributed by atoms with Crippen LogP contribution in [0.3, 0.4) is 0 Å². The van der Waals surface area contributed by atoms with Crippen molar-refractivity contribution >= 4 is 17.4 Å². The molecule has 0 saturated carbocycles. The lowest BCUT2D eigenvalue weighted by Gasteiger charge is -2.29. The normalized spacial score (nSPS) is 12.9. The van der Waals surface area contributed by atoms with Crippen molar-refractivity contribution in [2.75, 3.05) is 11.9 Å². The monoisotopic (exact) mass is 269 g/mol. The smallest absolute Gasteiger partial charge is 0.137 e. The average Bonchev–Trinajstić information content (AvgIpc) is 2.30. The summed E-state index contributed by atoms with van der Waals surface area (Å²) < 4.78 is 0. The van der Waals surface area contributed by atoms with Crippen molar-refractivity contribution in [3.8, 4) is 0 Å². The van der Waals surface area contributed by atoms with Crippen LogP contribution in [0.5, 0.6) is 0 Å². The van der Waals surface area contributed by atoms with Crippen molar-refractivity contribution in [1.82, 2.24) is 9.97 Å². The van der Waals surface area contributed by atoms with Gasteiger partial charge in [-0.25, -0.2) is 9.97 Å². The van der Waals surface area contributed by atoms with Crippen molar-refractivity contribution < 1.29 is 0 Å². The molecule has 102 valence electrons. The molecule has 0 bridgehead atoms. The minimum Gasteiger partial charge on any atom is -0.357 e. The Labute approximate surface area is 116 Å². The second-order valence-corrected chi connectivity index (χ2v) is 5.68. The van der Waals surface area contributed by atoms with E-state index in [0.717, 1.165) is 30.0 Å². The highest BCUT2D eigenvalue weighted by atomic mass is 35.5. The number of anilines is 1. The number of aromatic nitrogens is 2. The van der Waals surface area contributed by atoms with Crippen LogP contribution in [-0.4, -0.2) is 23.1 Å². The van der Waals surface area contributed by atoms with Gasteiger partial charge in [-0.05, 0) is 26.2 Å². The molecule has 18 heavy (non-hydrogen) atoms. The number of aryl methyl sites for hydroxylation is 1. The SMILES string of the molecule is CCc1nc(Cl)c(C)c(N(C)C(C)CC(C)C)n1. The van der Waals surface area contributed by atoms with Gasteiger partial charge >= 0.3 is 0 Å². The molecule has 1 unspecified atom stereocenters. The van der Waals surface area contributed by atoms with Gasteiger partial charge in [0.05, 0.1) is 0 Å². The van der Waals surface area contributed by atoms with E-state index in [1.165, 1.54) is 0 Å². The molecule has 1 atom stereocenters. The highest BCUT2D eigenvalue weighted by molar-refractivity contribution is 6.30. The maximum absolute atomic E-state index is 6.17. The van der Waals surface area contributed by atoms with E-state index in [-0.39, 0.29) is 0 Å². The predicted molar refractivity (Wildman–Crippen MR) is 78.5 cm³/mol. The Morgan fingerprint density at radius 1 is 1.22 bits per heavy atom. The van der Waals surface area contributed by atoms with E-state index < -0.39 is 0 Å². The topological polar surface area (TPSA) is 29.0 Å². The lowest BCUT2D eigenvalue weighted by Crippen LogP contribution is -2.31. The van der Waals surface area contributed by atoms with Crippen LogP contribution in [0, 0.1) is 12.8 Å². The minimum atomic E-state index is 0.444. The van der Waals surface area contributed by atoms with Crippen molar-refractivity contribution in [2.45, 2.75) is 53.5 Å². The number of halogens is 1. The summed E-state index contributed by atoms with van der Waals surface area (Å²) in [4.78, 5) is 11.1. The molecule has 0 aliphatic heterocycles. The molecular weight excluding hydrogens is 246 g/mol. The predicted octanol–water partition coefficient (Wildman–Crippen LogP) is 3.87. The van der Waals surface area contributed by atoms with E-state index in [0.29, 0.717) is 17.1 Å². The van der Waals surface area contributed by atoms with Gasteiger partial charge in [-0.2, -0.15) is 0 Å². The third-order valence-electron chi connectivity index (χ3n) is 3.23. The maximum atomic E-state index is 6.17. The van der Waals surface area contributed by atoms with Gasteiger partial charge in [0.2, 0.25) is 0 Å². The van der Waals surface area contributed by atoms with Crippen LogP contribution in [0.25, 0.3) is 0 Å². The lowest BCUT2D eigenvalue weighted by atomic mass is 10.0. The molecule has 0 amide bonds. The Morgan fingerprint density at radius 2 is 1.83 bits per heavy atom. The van der Waals surface area contributed by atoms with Gasteiger partial charge in [0.25, 0.3) is 0 Å². The molecule has 0 fully saturated rings. The lowest BCUT2D eigenvalue weighted by molar-refractivity contribution is 0.501. The second-order valence-electron chi connectivity index (χ2n) is 5.32. The molecule has 0 radical (unpaired) electrons. The molecule has 0 N–H and O–H groups in total. The summed E-state index contributed by atoms with van der Waals surface area (Å²) >= 11 is 6.17. The Balaban J connectivity index is 3.04. The Hall–Kier alpha value is -0.830. The summed E-state index contributed by atoms with van der Waals surface area (Å²) in [5, 5.41) is 0.570. The standard InChI is InChI=1S/C14H24ClN3/c1-7-12-16-13(15)11(5)14(17-12)18(6)10(4)8-9(2)3/h9-10H,7-8H2,1-6H3. The van der Waals surface area contributed by atoms with Crippen LogP contribution in [0.1, 0.15) is 45.5 Å². The fraction of sp³-hybridized carbons (Fsp3) is 0.714. The zero-order valence-electron chi connectivity index (χ0n) is 12.3. The molecule has 4 heteroatoms.